The lowest BCUT2D eigenvalue weighted by molar-refractivity contribution is -0.138. The first-order valence-corrected chi connectivity index (χ1v) is 20.4. The zero-order valence-electron chi connectivity index (χ0n) is 36.8. The van der Waals surface area contributed by atoms with Crippen LogP contribution in [0.2, 0.25) is 0 Å². The van der Waals surface area contributed by atoms with Crippen molar-refractivity contribution in [1.82, 2.24) is 0 Å². The van der Waals surface area contributed by atoms with Gasteiger partial charge in [0.25, 0.3) is 0 Å². The first-order chi connectivity index (χ1) is 31.2. The lowest BCUT2D eigenvalue weighted by Crippen LogP contribution is -2.22. The Morgan fingerprint density at radius 2 is 0.625 bits per heavy atom. The molecular weight excluding hydrogens is 805 g/mol. The van der Waals surface area contributed by atoms with Gasteiger partial charge in [0.15, 0.2) is 0 Å². The van der Waals surface area contributed by atoms with Gasteiger partial charge in [-0.2, -0.15) is 0 Å². The molecule has 0 saturated heterocycles. The predicted molar refractivity (Wildman–Crippen MR) is 249 cm³/mol. The summed E-state index contributed by atoms with van der Waals surface area (Å²) in [6, 6.07) is 47.2. The molecule has 0 unspecified atom stereocenters. The van der Waals surface area contributed by atoms with Crippen molar-refractivity contribution in [3.05, 3.63) is 190 Å². The van der Waals surface area contributed by atoms with Gasteiger partial charge < -0.3 is 38.2 Å². The molecule has 0 atom stereocenters. The fourth-order valence-corrected chi connectivity index (χ4v) is 6.70. The summed E-state index contributed by atoms with van der Waals surface area (Å²) in [5.74, 6) is 13.3. The average Bonchev–Trinajstić information content (AvgIpc) is 3.35. The fraction of sp³-hybridized carbons (Fsp3) is 0.185. The third kappa shape index (κ3) is 12.5. The molecule has 10 heteroatoms. The highest BCUT2D eigenvalue weighted by Crippen LogP contribution is 2.25. The number of hydrogen-bond donors (Lipinski definition) is 0. The Balaban J connectivity index is 1.26. The maximum Gasteiger partial charge on any atom is 0.348 e. The highest BCUT2D eigenvalue weighted by molar-refractivity contribution is 6.06. The number of rotatable bonds is 16. The summed E-state index contributed by atoms with van der Waals surface area (Å²) in [6.45, 7) is 2.52. The standard InChI is InChI=1S/C54H50N2O8/c1-59-47-25-11-41(12-26-47)35-55(36-42-13-27-48(60-2)28-14-42)45-21-7-39(8-22-45)19-33-51(53(57)63-5)52(54(58)64-6)34-20-40-9-23-46(24-10-40)56(37-43-15-29-49(61-3)30-16-43)38-44-17-31-50(62-4)32-18-44/h7-18,21-32H,35-38H2,1-6H3. The molecule has 6 aromatic carbocycles. The van der Waals surface area contributed by atoms with Gasteiger partial charge in [-0.15, -0.1) is 0 Å². The SMILES string of the molecule is COC(=O)C(C#Cc1ccc(N(Cc2ccc(OC)cc2)Cc2ccc(OC)cc2)cc1)=C(C#Cc1ccc(N(Cc2ccc(OC)cc2)Cc2ccc(OC)cc2)cc1)C(=O)OC. The molecule has 0 aromatic heterocycles. The van der Waals surface area contributed by atoms with Crippen molar-refractivity contribution in [1.29, 1.82) is 0 Å². The zero-order valence-corrected chi connectivity index (χ0v) is 36.8. The van der Waals surface area contributed by atoms with Crippen molar-refractivity contribution in [2.45, 2.75) is 26.2 Å². The van der Waals surface area contributed by atoms with Gasteiger partial charge in [0.05, 0.1) is 42.7 Å². The minimum Gasteiger partial charge on any atom is -0.497 e. The molecule has 0 saturated carbocycles. The van der Waals surface area contributed by atoms with Crippen molar-refractivity contribution in [3.63, 3.8) is 0 Å². The second-order valence-corrected chi connectivity index (χ2v) is 14.4. The Kier molecular flexibility index (Phi) is 16.1. The van der Waals surface area contributed by atoms with Gasteiger partial charge in [-0.1, -0.05) is 72.2 Å². The second kappa shape index (κ2) is 22.7. The van der Waals surface area contributed by atoms with Crippen molar-refractivity contribution >= 4 is 23.3 Å². The summed E-state index contributed by atoms with van der Waals surface area (Å²) >= 11 is 0. The van der Waals surface area contributed by atoms with Crippen LogP contribution in [-0.2, 0) is 45.2 Å². The summed E-state index contributed by atoms with van der Waals surface area (Å²) in [4.78, 5) is 30.8. The Hall–Kier alpha value is -8.08. The van der Waals surface area contributed by atoms with Gasteiger partial charge in [-0.3, -0.25) is 0 Å². The van der Waals surface area contributed by atoms with Gasteiger partial charge in [0.1, 0.15) is 34.1 Å². The highest BCUT2D eigenvalue weighted by Gasteiger charge is 2.20. The summed E-state index contributed by atoms with van der Waals surface area (Å²) < 4.78 is 31.6. The molecule has 324 valence electrons. The number of ether oxygens (including phenoxy) is 6. The van der Waals surface area contributed by atoms with Crippen molar-refractivity contribution in [2.24, 2.45) is 0 Å². The molecular formula is C54H50N2O8. The number of esters is 2. The van der Waals surface area contributed by atoms with Crippen LogP contribution in [0.1, 0.15) is 33.4 Å². The molecule has 0 aliphatic carbocycles. The quantitative estimate of drug-likeness (QED) is 0.0533. The monoisotopic (exact) mass is 854 g/mol. The van der Waals surface area contributed by atoms with Crippen LogP contribution >= 0.6 is 0 Å². The van der Waals surface area contributed by atoms with Gasteiger partial charge in [-0.05, 0) is 119 Å². The molecule has 0 N–H and O–H groups in total. The lowest BCUT2D eigenvalue weighted by atomic mass is 10.1. The molecule has 6 aromatic rings. The van der Waals surface area contributed by atoms with E-state index in [4.69, 9.17) is 28.4 Å². The molecule has 6 rings (SSSR count). The molecule has 0 bridgehead atoms. The maximum absolute atomic E-state index is 13.2. The molecule has 0 amide bonds. The van der Waals surface area contributed by atoms with E-state index < -0.39 is 11.9 Å². The first kappa shape index (κ1) is 45.4. The van der Waals surface area contributed by atoms with Crippen LogP contribution in [-0.4, -0.2) is 54.6 Å². The smallest absolute Gasteiger partial charge is 0.348 e. The van der Waals surface area contributed by atoms with Crippen LogP contribution in [0.5, 0.6) is 23.0 Å². The third-order valence-corrected chi connectivity index (χ3v) is 10.3. The fourth-order valence-electron chi connectivity index (χ4n) is 6.70. The molecule has 0 spiro atoms. The van der Waals surface area contributed by atoms with Crippen LogP contribution < -0.4 is 28.7 Å². The number of anilines is 2. The van der Waals surface area contributed by atoms with Crippen LogP contribution in [0.25, 0.3) is 0 Å². The molecule has 0 aliphatic heterocycles. The van der Waals surface area contributed by atoms with Gasteiger partial charge in [-0.25, -0.2) is 9.59 Å². The van der Waals surface area contributed by atoms with E-state index in [1.165, 1.54) is 14.2 Å². The molecule has 0 radical (unpaired) electrons. The number of carbonyl (C=O) groups is 2. The lowest BCUT2D eigenvalue weighted by Gasteiger charge is -2.25. The molecule has 0 heterocycles. The Morgan fingerprint density at radius 1 is 0.375 bits per heavy atom. The normalized spacial score (nSPS) is 10.7. The van der Waals surface area contributed by atoms with E-state index in [1.54, 1.807) is 28.4 Å². The topological polar surface area (TPSA) is 96.0 Å². The minimum atomic E-state index is -0.813. The summed E-state index contributed by atoms with van der Waals surface area (Å²) in [5.41, 5.74) is 7.13. The summed E-state index contributed by atoms with van der Waals surface area (Å²) in [7, 11) is 9.04. The van der Waals surface area contributed by atoms with Crippen LogP contribution in [0, 0.1) is 23.7 Å². The first-order valence-electron chi connectivity index (χ1n) is 20.4. The number of hydrogen-bond acceptors (Lipinski definition) is 10. The van der Waals surface area contributed by atoms with E-state index >= 15 is 0 Å². The highest BCUT2D eigenvalue weighted by atomic mass is 16.5. The average molecular weight is 855 g/mol. The summed E-state index contributed by atoms with van der Waals surface area (Å²) in [5, 5.41) is 0. The van der Waals surface area contributed by atoms with Crippen LogP contribution in [0.15, 0.2) is 157 Å². The minimum absolute atomic E-state index is 0.214. The van der Waals surface area contributed by atoms with E-state index in [0.29, 0.717) is 37.3 Å². The van der Waals surface area contributed by atoms with Gasteiger partial charge in [0.2, 0.25) is 0 Å². The molecule has 0 fully saturated rings. The summed E-state index contributed by atoms with van der Waals surface area (Å²) in [6.07, 6.45) is 0. The molecule has 64 heavy (non-hydrogen) atoms. The number of benzene rings is 6. The number of methoxy groups -OCH3 is 6. The Labute approximate surface area is 375 Å². The van der Waals surface area contributed by atoms with E-state index in [1.807, 2.05) is 146 Å². The van der Waals surface area contributed by atoms with Crippen molar-refractivity contribution < 1.29 is 38.0 Å². The molecule has 10 nitrogen and oxygen atoms in total. The Morgan fingerprint density at radius 3 is 0.844 bits per heavy atom. The van der Waals surface area contributed by atoms with E-state index in [-0.39, 0.29) is 11.1 Å². The third-order valence-electron chi connectivity index (χ3n) is 10.3. The van der Waals surface area contributed by atoms with Crippen molar-refractivity contribution in [3.8, 4) is 46.7 Å². The van der Waals surface area contributed by atoms with Gasteiger partial charge in [0, 0.05) is 48.7 Å². The second-order valence-electron chi connectivity index (χ2n) is 14.4. The van der Waals surface area contributed by atoms with Crippen LogP contribution in [0.3, 0.4) is 0 Å². The molecule has 0 aliphatic rings. The van der Waals surface area contributed by atoms with E-state index in [2.05, 4.69) is 33.5 Å². The zero-order chi connectivity index (χ0) is 45.3. The number of carbonyl (C=O) groups excluding carboxylic acids is 2. The van der Waals surface area contributed by atoms with Gasteiger partial charge >= 0.3 is 11.9 Å². The van der Waals surface area contributed by atoms with Crippen LogP contribution in [0.4, 0.5) is 11.4 Å². The number of nitrogens with zero attached hydrogens (tertiary/aromatic N) is 2. The predicted octanol–water partition coefficient (Wildman–Crippen LogP) is 9.18. The van der Waals surface area contributed by atoms with E-state index in [9.17, 15) is 9.59 Å². The Bertz CT molecular complexity index is 2350. The maximum atomic E-state index is 13.2. The largest absolute Gasteiger partial charge is 0.497 e. The van der Waals surface area contributed by atoms with E-state index in [0.717, 1.165) is 56.6 Å². The van der Waals surface area contributed by atoms with Crippen molar-refractivity contribution in [2.75, 3.05) is 52.5 Å².